The van der Waals surface area contributed by atoms with Gasteiger partial charge < -0.3 is 0 Å². The van der Waals surface area contributed by atoms with Gasteiger partial charge in [-0.25, -0.2) is 9.68 Å². The quantitative estimate of drug-likeness (QED) is 0.711. The molecule has 5 heteroatoms. The molecule has 1 fully saturated rings. The molecule has 0 amide bonds. The smallest absolute Gasteiger partial charge is 0.205 e. The van der Waals surface area contributed by atoms with E-state index in [0.29, 0.717) is 13.4 Å². The van der Waals surface area contributed by atoms with Crippen LogP contribution in [0.15, 0.2) is 24.3 Å². The van der Waals surface area contributed by atoms with Crippen molar-refractivity contribution in [3.63, 3.8) is 0 Å². The van der Waals surface area contributed by atoms with Gasteiger partial charge in [0.1, 0.15) is 0 Å². The summed E-state index contributed by atoms with van der Waals surface area (Å²) in [6.07, 6.45) is 0. The van der Waals surface area contributed by atoms with E-state index in [-0.39, 0.29) is 0 Å². The van der Waals surface area contributed by atoms with Crippen LogP contribution in [0.4, 0.5) is 5.69 Å². The fourth-order valence-electron chi connectivity index (χ4n) is 1.50. The topological polar surface area (TPSA) is 34.2 Å². The molecule has 0 spiro atoms. The molecule has 0 atom stereocenters. The van der Waals surface area contributed by atoms with Gasteiger partial charge in [0.2, 0.25) is 6.79 Å². The fraction of sp³-hybridized carbons (Fsp3) is 0.455. The number of hydroxylamine groups is 2. The average Bonchev–Trinajstić information content (AvgIpc) is 2.18. The van der Waals surface area contributed by atoms with Crippen molar-refractivity contribution in [2.75, 3.05) is 25.7 Å². The molecule has 1 aliphatic heterocycles. The third kappa shape index (κ3) is 2.70. The highest BCUT2D eigenvalue weighted by molar-refractivity contribution is 5.43. The molecule has 0 saturated carbocycles. The standard InChI is InChI=1S/C11H16N2O3/c1-3-14-12(2)8-10-4-6-11(7-5-10)13-15-9-16-13/h4-7H,3,8-9H2,1-2H3. The van der Waals surface area contributed by atoms with Crippen molar-refractivity contribution in [1.82, 2.24) is 5.06 Å². The maximum absolute atomic E-state index is 5.33. The van der Waals surface area contributed by atoms with Crippen LogP contribution in [0.1, 0.15) is 12.5 Å². The molecule has 1 aromatic rings. The summed E-state index contributed by atoms with van der Waals surface area (Å²) in [5.74, 6) is 0. The Morgan fingerprint density at radius 2 is 2.00 bits per heavy atom. The maximum Gasteiger partial charge on any atom is 0.205 e. The Labute approximate surface area is 95.0 Å². The highest BCUT2D eigenvalue weighted by atomic mass is 17.1. The number of benzene rings is 1. The Hall–Kier alpha value is -1.14. The first kappa shape index (κ1) is 11.3. The van der Waals surface area contributed by atoms with Crippen LogP contribution < -0.4 is 5.23 Å². The molecule has 16 heavy (non-hydrogen) atoms. The second-order valence-corrected chi connectivity index (χ2v) is 3.50. The van der Waals surface area contributed by atoms with Gasteiger partial charge in [-0.1, -0.05) is 12.1 Å². The summed E-state index contributed by atoms with van der Waals surface area (Å²) in [5, 5.41) is 3.21. The van der Waals surface area contributed by atoms with Gasteiger partial charge in [-0.15, -0.1) is 5.23 Å². The molecule has 88 valence electrons. The summed E-state index contributed by atoms with van der Waals surface area (Å²) in [6, 6.07) is 7.95. The largest absolute Gasteiger partial charge is 0.299 e. The zero-order chi connectivity index (χ0) is 11.4. The summed E-state index contributed by atoms with van der Waals surface area (Å²) in [7, 11) is 1.92. The van der Waals surface area contributed by atoms with Gasteiger partial charge in [0.05, 0.1) is 12.3 Å². The number of anilines is 1. The lowest BCUT2D eigenvalue weighted by Gasteiger charge is -2.29. The monoisotopic (exact) mass is 224 g/mol. The molecule has 0 unspecified atom stereocenters. The molecule has 0 aromatic heterocycles. The fourth-order valence-corrected chi connectivity index (χ4v) is 1.50. The second kappa shape index (κ2) is 5.27. The van der Waals surface area contributed by atoms with Crippen molar-refractivity contribution in [1.29, 1.82) is 0 Å². The highest BCUT2D eigenvalue weighted by Crippen LogP contribution is 2.20. The highest BCUT2D eigenvalue weighted by Gasteiger charge is 2.16. The lowest BCUT2D eigenvalue weighted by molar-refractivity contribution is -0.277. The zero-order valence-electron chi connectivity index (χ0n) is 9.55. The summed E-state index contributed by atoms with van der Waals surface area (Å²) in [6.45, 7) is 3.74. The van der Waals surface area contributed by atoms with Crippen LogP contribution in [-0.2, 0) is 21.1 Å². The maximum atomic E-state index is 5.33. The van der Waals surface area contributed by atoms with Gasteiger partial charge in [0.15, 0.2) is 0 Å². The van der Waals surface area contributed by atoms with Gasteiger partial charge in [0.25, 0.3) is 0 Å². The van der Waals surface area contributed by atoms with Crippen LogP contribution in [0.2, 0.25) is 0 Å². The van der Waals surface area contributed by atoms with Crippen LogP contribution >= 0.6 is 0 Å². The molecule has 0 bridgehead atoms. The second-order valence-electron chi connectivity index (χ2n) is 3.50. The van der Waals surface area contributed by atoms with E-state index in [9.17, 15) is 0 Å². The average molecular weight is 224 g/mol. The van der Waals surface area contributed by atoms with Crippen LogP contribution in [0.3, 0.4) is 0 Å². The van der Waals surface area contributed by atoms with E-state index in [1.807, 2.05) is 43.3 Å². The van der Waals surface area contributed by atoms with Crippen molar-refractivity contribution < 1.29 is 14.5 Å². The SMILES string of the molecule is CCON(C)Cc1ccc(N2OCO2)cc1. The Morgan fingerprint density at radius 1 is 1.31 bits per heavy atom. The Kier molecular flexibility index (Phi) is 3.74. The molecule has 1 heterocycles. The van der Waals surface area contributed by atoms with Crippen LogP contribution in [0.25, 0.3) is 0 Å². The molecule has 0 N–H and O–H groups in total. The minimum Gasteiger partial charge on any atom is -0.299 e. The summed E-state index contributed by atoms with van der Waals surface area (Å²) in [4.78, 5) is 15.4. The first-order valence-electron chi connectivity index (χ1n) is 5.28. The Balaban J connectivity index is 1.91. The van der Waals surface area contributed by atoms with E-state index >= 15 is 0 Å². The number of hydrogen-bond acceptors (Lipinski definition) is 5. The van der Waals surface area contributed by atoms with Crippen molar-refractivity contribution in [3.05, 3.63) is 29.8 Å². The molecular weight excluding hydrogens is 208 g/mol. The molecular formula is C11H16N2O3. The van der Waals surface area contributed by atoms with E-state index < -0.39 is 0 Å². The van der Waals surface area contributed by atoms with Gasteiger partial charge in [-0.2, -0.15) is 5.06 Å². The van der Waals surface area contributed by atoms with E-state index in [0.717, 1.165) is 12.2 Å². The minimum atomic E-state index is 0.328. The number of nitrogens with zero attached hydrogens (tertiary/aromatic N) is 2. The van der Waals surface area contributed by atoms with Gasteiger partial charge in [0, 0.05) is 13.6 Å². The first-order valence-corrected chi connectivity index (χ1v) is 5.28. The predicted molar refractivity (Wildman–Crippen MR) is 59.1 cm³/mol. The van der Waals surface area contributed by atoms with Crippen LogP contribution in [-0.4, -0.2) is 25.5 Å². The van der Waals surface area contributed by atoms with Gasteiger partial charge in [-0.3, -0.25) is 4.84 Å². The van der Waals surface area contributed by atoms with Crippen molar-refractivity contribution in [2.45, 2.75) is 13.5 Å². The lowest BCUT2D eigenvalue weighted by Crippen LogP contribution is -2.36. The van der Waals surface area contributed by atoms with E-state index in [4.69, 9.17) is 14.5 Å². The molecule has 0 radical (unpaired) electrons. The molecule has 1 saturated heterocycles. The molecule has 1 aliphatic rings. The third-order valence-electron chi connectivity index (χ3n) is 2.24. The normalized spacial score (nSPS) is 15.3. The van der Waals surface area contributed by atoms with Gasteiger partial charge in [-0.05, 0) is 24.6 Å². The Morgan fingerprint density at radius 3 is 2.50 bits per heavy atom. The third-order valence-corrected chi connectivity index (χ3v) is 2.24. The van der Waals surface area contributed by atoms with Crippen molar-refractivity contribution >= 4 is 5.69 Å². The van der Waals surface area contributed by atoms with Crippen molar-refractivity contribution in [2.24, 2.45) is 0 Å². The summed E-state index contributed by atoms with van der Waals surface area (Å²) >= 11 is 0. The minimum absolute atomic E-state index is 0.328. The number of hydrogen-bond donors (Lipinski definition) is 0. The summed E-state index contributed by atoms with van der Waals surface area (Å²) < 4.78 is 0. The lowest BCUT2D eigenvalue weighted by atomic mass is 10.2. The van der Waals surface area contributed by atoms with Crippen LogP contribution in [0.5, 0.6) is 0 Å². The predicted octanol–water partition coefficient (Wildman–Crippen LogP) is 1.71. The van der Waals surface area contributed by atoms with Crippen LogP contribution in [0, 0.1) is 0 Å². The first-order chi connectivity index (χ1) is 7.79. The molecule has 0 aliphatic carbocycles. The molecule has 5 nitrogen and oxygen atoms in total. The summed E-state index contributed by atoms with van der Waals surface area (Å²) in [5.41, 5.74) is 2.08. The van der Waals surface area contributed by atoms with E-state index in [1.165, 1.54) is 10.8 Å². The zero-order valence-corrected chi connectivity index (χ0v) is 9.55. The van der Waals surface area contributed by atoms with E-state index in [2.05, 4.69) is 0 Å². The number of rotatable bonds is 5. The van der Waals surface area contributed by atoms with Crippen molar-refractivity contribution in [3.8, 4) is 0 Å². The van der Waals surface area contributed by atoms with E-state index in [1.54, 1.807) is 0 Å². The van der Waals surface area contributed by atoms with Gasteiger partial charge >= 0.3 is 0 Å². The molecule has 2 rings (SSSR count). The molecule has 1 aromatic carbocycles. The Bertz CT molecular complexity index is 325.